The van der Waals surface area contributed by atoms with E-state index >= 15 is 0 Å². The lowest BCUT2D eigenvalue weighted by Crippen LogP contribution is -2.55. The molecule has 1 aromatic rings. The van der Waals surface area contributed by atoms with Gasteiger partial charge < -0.3 is 5.32 Å². The zero-order valence-electron chi connectivity index (χ0n) is 13.4. The fourth-order valence-corrected chi connectivity index (χ4v) is 4.70. The number of benzene rings is 1. The summed E-state index contributed by atoms with van der Waals surface area (Å²) in [4.78, 5) is 14.3. The molecule has 0 bridgehead atoms. The normalized spacial score (nSPS) is 24.4. The number of rotatable bonds is 3. The van der Waals surface area contributed by atoms with Gasteiger partial charge in [-0.05, 0) is 43.5 Å². The zero-order valence-corrected chi connectivity index (χ0v) is 14.3. The van der Waals surface area contributed by atoms with Crippen molar-refractivity contribution in [2.75, 3.05) is 32.7 Å². The minimum absolute atomic E-state index is 0.0438. The number of hydrogen-bond donors (Lipinski definition) is 1. The first-order valence-corrected chi connectivity index (χ1v) is 9.70. The van der Waals surface area contributed by atoms with Gasteiger partial charge in [0.25, 0.3) is 0 Å². The van der Waals surface area contributed by atoms with Gasteiger partial charge >= 0.3 is 0 Å². The van der Waals surface area contributed by atoms with E-state index in [-0.39, 0.29) is 16.8 Å². The molecule has 0 aliphatic carbocycles. The second-order valence-corrected chi connectivity index (χ2v) is 8.13. The van der Waals surface area contributed by atoms with E-state index in [0.29, 0.717) is 32.7 Å². The first-order chi connectivity index (χ1) is 11.5. The van der Waals surface area contributed by atoms with Gasteiger partial charge in [0.15, 0.2) is 0 Å². The van der Waals surface area contributed by atoms with Crippen LogP contribution in [0, 0.1) is 5.82 Å². The number of sulfonamides is 1. The predicted octanol–water partition coefficient (Wildman–Crippen LogP) is 0.801. The minimum Gasteiger partial charge on any atom is -0.355 e. The van der Waals surface area contributed by atoms with Crippen LogP contribution in [0.3, 0.4) is 0 Å². The van der Waals surface area contributed by atoms with Gasteiger partial charge in [-0.15, -0.1) is 0 Å². The van der Waals surface area contributed by atoms with Gasteiger partial charge in [0.05, 0.1) is 10.9 Å². The predicted molar refractivity (Wildman–Crippen MR) is 87.4 cm³/mol. The van der Waals surface area contributed by atoms with Crippen molar-refractivity contribution in [1.29, 1.82) is 0 Å². The molecular formula is C16H22FN3O3S. The minimum atomic E-state index is -3.61. The number of carbonyl (C=O) groups excluding carboxylic acids is 1. The summed E-state index contributed by atoms with van der Waals surface area (Å²) >= 11 is 0. The molecule has 2 aliphatic heterocycles. The van der Waals surface area contributed by atoms with Crippen LogP contribution in [0.15, 0.2) is 29.2 Å². The van der Waals surface area contributed by atoms with Gasteiger partial charge in [0, 0.05) is 32.7 Å². The number of amides is 1. The van der Waals surface area contributed by atoms with Crippen molar-refractivity contribution >= 4 is 15.9 Å². The third-order valence-electron chi connectivity index (χ3n) is 4.67. The molecule has 1 aromatic carbocycles. The second kappa shape index (κ2) is 7.16. The van der Waals surface area contributed by atoms with E-state index in [2.05, 4.69) is 10.2 Å². The van der Waals surface area contributed by atoms with Crippen LogP contribution in [-0.4, -0.2) is 62.3 Å². The third kappa shape index (κ3) is 3.60. The summed E-state index contributed by atoms with van der Waals surface area (Å²) in [6.07, 6.45) is 2.80. The van der Waals surface area contributed by atoms with Crippen LogP contribution >= 0.6 is 0 Å². The lowest BCUT2D eigenvalue weighted by atomic mass is 10.1. The Labute approximate surface area is 141 Å². The van der Waals surface area contributed by atoms with E-state index in [1.165, 1.54) is 16.4 Å². The SMILES string of the molecule is O=C1NCCCCC1N1CCN(S(=O)(=O)c2ccc(F)cc2)CC1. The summed E-state index contributed by atoms with van der Waals surface area (Å²) in [5.74, 6) is -0.416. The highest BCUT2D eigenvalue weighted by molar-refractivity contribution is 7.89. The fourth-order valence-electron chi connectivity index (χ4n) is 3.28. The molecule has 2 aliphatic rings. The monoisotopic (exact) mass is 355 g/mol. The van der Waals surface area contributed by atoms with Gasteiger partial charge in [0.2, 0.25) is 15.9 Å². The largest absolute Gasteiger partial charge is 0.355 e. The molecule has 2 heterocycles. The molecule has 1 N–H and O–H groups in total. The zero-order chi connectivity index (χ0) is 17.2. The number of carbonyl (C=O) groups is 1. The first kappa shape index (κ1) is 17.3. The molecule has 1 amide bonds. The highest BCUT2D eigenvalue weighted by atomic mass is 32.2. The van der Waals surface area contributed by atoms with Crippen LogP contribution in [0.25, 0.3) is 0 Å². The van der Waals surface area contributed by atoms with Crippen LogP contribution in [-0.2, 0) is 14.8 Å². The van der Waals surface area contributed by atoms with E-state index in [1.807, 2.05) is 0 Å². The average Bonchev–Trinajstić information content (AvgIpc) is 2.80. The lowest BCUT2D eigenvalue weighted by Gasteiger charge is -2.37. The summed E-state index contributed by atoms with van der Waals surface area (Å²) in [5, 5.41) is 2.92. The quantitative estimate of drug-likeness (QED) is 0.871. The number of piperazine rings is 1. The molecule has 0 radical (unpaired) electrons. The molecule has 3 rings (SSSR count). The summed E-state index contributed by atoms with van der Waals surface area (Å²) in [6, 6.07) is 4.71. The Morgan fingerprint density at radius 1 is 1.04 bits per heavy atom. The number of nitrogens with zero attached hydrogens (tertiary/aromatic N) is 2. The van der Waals surface area contributed by atoms with Gasteiger partial charge in [-0.3, -0.25) is 9.69 Å². The number of hydrogen-bond acceptors (Lipinski definition) is 4. The van der Waals surface area contributed by atoms with Crippen molar-refractivity contribution < 1.29 is 17.6 Å². The van der Waals surface area contributed by atoms with E-state index in [9.17, 15) is 17.6 Å². The van der Waals surface area contributed by atoms with Crippen molar-refractivity contribution in [3.8, 4) is 0 Å². The van der Waals surface area contributed by atoms with Crippen molar-refractivity contribution in [2.45, 2.75) is 30.2 Å². The van der Waals surface area contributed by atoms with E-state index in [4.69, 9.17) is 0 Å². The topological polar surface area (TPSA) is 69.7 Å². The average molecular weight is 355 g/mol. The molecule has 1 unspecified atom stereocenters. The van der Waals surface area contributed by atoms with Crippen molar-refractivity contribution in [3.63, 3.8) is 0 Å². The molecule has 0 aromatic heterocycles. The summed E-state index contributed by atoms with van der Waals surface area (Å²) in [5.41, 5.74) is 0. The van der Waals surface area contributed by atoms with Crippen molar-refractivity contribution in [3.05, 3.63) is 30.1 Å². The van der Waals surface area contributed by atoms with Crippen molar-refractivity contribution in [2.24, 2.45) is 0 Å². The maximum atomic E-state index is 13.0. The molecule has 8 heteroatoms. The van der Waals surface area contributed by atoms with Gasteiger partial charge in [-0.2, -0.15) is 4.31 Å². The van der Waals surface area contributed by atoms with Crippen LogP contribution in [0.5, 0.6) is 0 Å². The van der Waals surface area contributed by atoms with Crippen LogP contribution in [0.2, 0.25) is 0 Å². The molecule has 132 valence electrons. The van der Waals surface area contributed by atoms with Gasteiger partial charge in [-0.1, -0.05) is 0 Å². The fraction of sp³-hybridized carbons (Fsp3) is 0.562. The Morgan fingerprint density at radius 3 is 2.38 bits per heavy atom. The Balaban J connectivity index is 1.66. The summed E-state index contributed by atoms with van der Waals surface area (Å²) in [6.45, 7) is 2.44. The van der Waals surface area contributed by atoms with Crippen LogP contribution in [0.1, 0.15) is 19.3 Å². The standard InChI is InChI=1S/C16H22FN3O3S/c17-13-4-6-14(7-5-13)24(22,23)20-11-9-19(10-12-20)15-3-1-2-8-18-16(15)21/h4-7,15H,1-3,8-12H2,(H,18,21). The number of halogens is 1. The third-order valence-corrected chi connectivity index (χ3v) is 6.58. The van der Waals surface area contributed by atoms with Gasteiger partial charge in [-0.25, -0.2) is 12.8 Å². The second-order valence-electron chi connectivity index (χ2n) is 6.20. The molecule has 0 saturated carbocycles. The maximum Gasteiger partial charge on any atom is 0.243 e. The molecule has 0 spiro atoms. The van der Waals surface area contributed by atoms with Gasteiger partial charge in [0.1, 0.15) is 5.82 Å². The Kier molecular flexibility index (Phi) is 5.17. The smallest absolute Gasteiger partial charge is 0.243 e. The molecule has 2 saturated heterocycles. The van der Waals surface area contributed by atoms with Crippen molar-refractivity contribution in [1.82, 2.24) is 14.5 Å². The molecule has 6 nitrogen and oxygen atoms in total. The molecule has 1 atom stereocenters. The highest BCUT2D eigenvalue weighted by Crippen LogP contribution is 2.20. The first-order valence-electron chi connectivity index (χ1n) is 8.26. The Hall–Kier alpha value is -1.51. The summed E-state index contributed by atoms with van der Waals surface area (Å²) in [7, 11) is -3.61. The number of nitrogens with one attached hydrogen (secondary N) is 1. The van der Waals surface area contributed by atoms with E-state index in [1.54, 1.807) is 0 Å². The Morgan fingerprint density at radius 2 is 1.71 bits per heavy atom. The molecule has 2 fully saturated rings. The highest BCUT2D eigenvalue weighted by Gasteiger charge is 2.33. The molecule has 24 heavy (non-hydrogen) atoms. The molecular weight excluding hydrogens is 333 g/mol. The van der Waals surface area contributed by atoms with E-state index < -0.39 is 15.8 Å². The van der Waals surface area contributed by atoms with E-state index in [0.717, 1.165) is 31.4 Å². The van der Waals surface area contributed by atoms with Crippen LogP contribution in [0.4, 0.5) is 4.39 Å². The lowest BCUT2D eigenvalue weighted by molar-refractivity contribution is -0.126. The van der Waals surface area contributed by atoms with Crippen LogP contribution < -0.4 is 5.32 Å². The maximum absolute atomic E-state index is 13.0. The summed E-state index contributed by atoms with van der Waals surface area (Å²) < 4.78 is 39.6. The Bertz CT molecular complexity index is 685.